The van der Waals surface area contributed by atoms with Crippen LogP contribution in [0.25, 0.3) is 0 Å². The summed E-state index contributed by atoms with van der Waals surface area (Å²) in [6, 6.07) is 3.43. The summed E-state index contributed by atoms with van der Waals surface area (Å²) in [5, 5.41) is 0. The number of hydrogen-bond acceptors (Lipinski definition) is 2. The summed E-state index contributed by atoms with van der Waals surface area (Å²) in [6.45, 7) is 4.05. The topological polar surface area (TPSA) is 30.2 Å². The molecule has 0 N–H and O–H groups in total. The second kappa shape index (κ2) is 4.65. The highest BCUT2D eigenvalue weighted by molar-refractivity contribution is 5.93. The summed E-state index contributed by atoms with van der Waals surface area (Å²) in [7, 11) is 0. The van der Waals surface area contributed by atoms with E-state index in [1.165, 1.54) is 11.8 Å². The summed E-state index contributed by atoms with van der Waals surface area (Å²) in [5.74, 6) is 0.532. The first-order valence-corrected chi connectivity index (χ1v) is 4.40. The molecule has 0 bridgehead atoms. The predicted octanol–water partition coefficient (Wildman–Crippen LogP) is 3.21. The van der Waals surface area contributed by atoms with Gasteiger partial charge in [0.2, 0.25) is 0 Å². The fraction of sp³-hybridized carbons (Fsp3) is 0.364. The van der Waals surface area contributed by atoms with Gasteiger partial charge in [-0.3, -0.25) is 4.79 Å². The third-order valence-corrected chi connectivity index (χ3v) is 1.72. The van der Waals surface area contributed by atoms with E-state index in [0.717, 1.165) is 6.42 Å². The van der Waals surface area contributed by atoms with Gasteiger partial charge in [-0.1, -0.05) is 11.6 Å². The Kier molecular flexibility index (Phi) is 3.50. The second-order valence-electron chi connectivity index (χ2n) is 3.22. The van der Waals surface area contributed by atoms with Crippen LogP contribution in [0.2, 0.25) is 0 Å². The lowest BCUT2D eigenvalue weighted by molar-refractivity contribution is 0.0957. The molecule has 1 heterocycles. The maximum absolute atomic E-state index is 11.4. The zero-order valence-electron chi connectivity index (χ0n) is 8.04. The highest BCUT2D eigenvalue weighted by Crippen LogP contribution is 2.07. The van der Waals surface area contributed by atoms with E-state index in [4.69, 9.17) is 4.42 Å². The van der Waals surface area contributed by atoms with Crippen LogP contribution in [-0.2, 0) is 0 Å². The largest absolute Gasteiger partial charge is 0.461 e. The van der Waals surface area contributed by atoms with E-state index in [9.17, 15) is 4.79 Å². The van der Waals surface area contributed by atoms with Gasteiger partial charge in [-0.05, 0) is 32.4 Å². The summed E-state index contributed by atoms with van der Waals surface area (Å²) in [4.78, 5) is 11.4. The van der Waals surface area contributed by atoms with Crippen molar-refractivity contribution in [3.05, 3.63) is 35.8 Å². The number of carbonyl (C=O) groups excluding carboxylic acids is 1. The van der Waals surface area contributed by atoms with E-state index in [0.29, 0.717) is 12.2 Å². The van der Waals surface area contributed by atoms with E-state index in [1.807, 2.05) is 13.8 Å². The standard InChI is InChI=1S/C11H14O2/c1-9(2)5-3-6-10(12)11-7-4-8-13-11/h4-5,7-8H,3,6H2,1-2H3. The van der Waals surface area contributed by atoms with Crippen molar-refractivity contribution in [1.82, 2.24) is 0 Å². The van der Waals surface area contributed by atoms with Crippen molar-refractivity contribution < 1.29 is 9.21 Å². The number of rotatable bonds is 4. The number of hydrogen-bond donors (Lipinski definition) is 0. The monoisotopic (exact) mass is 178 g/mol. The first-order valence-electron chi connectivity index (χ1n) is 4.40. The number of furan rings is 1. The van der Waals surface area contributed by atoms with Gasteiger partial charge >= 0.3 is 0 Å². The molecule has 0 aliphatic rings. The first-order chi connectivity index (χ1) is 6.20. The van der Waals surface area contributed by atoms with Gasteiger partial charge in [-0.25, -0.2) is 0 Å². The van der Waals surface area contributed by atoms with Gasteiger partial charge in [0.1, 0.15) is 0 Å². The fourth-order valence-electron chi connectivity index (χ4n) is 1.05. The molecular formula is C11H14O2. The highest BCUT2D eigenvalue weighted by atomic mass is 16.3. The van der Waals surface area contributed by atoms with E-state index >= 15 is 0 Å². The summed E-state index contributed by atoms with van der Waals surface area (Å²) < 4.78 is 4.98. The Morgan fingerprint density at radius 3 is 2.85 bits per heavy atom. The van der Waals surface area contributed by atoms with Crippen LogP contribution in [0.4, 0.5) is 0 Å². The van der Waals surface area contributed by atoms with Gasteiger partial charge in [-0.2, -0.15) is 0 Å². The Morgan fingerprint density at radius 1 is 1.54 bits per heavy atom. The molecule has 70 valence electrons. The molecule has 0 unspecified atom stereocenters. The van der Waals surface area contributed by atoms with Crippen LogP contribution in [0.5, 0.6) is 0 Å². The molecule has 2 nitrogen and oxygen atoms in total. The van der Waals surface area contributed by atoms with E-state index in [1.54, 1.807) is 12.1 Å². The van der Waals surface area contributed by atoms with Crippen molar-refractivity contribution in [2.24, 2.45) is 0 Å². The Hall–Kier alpha value is -1.31. The predicted molar refractivity (Wildman–Crippen MR) is 51.7 cm³/mol. The lowest BCUT2D eigenvalue weighted by Gasteiger charge is -1.93. The molecular weight excluding hydrogens is 164 g/mol. The molecule has 0 amide bonds. The molecule has 0 saturated carbocycles. The molecule has 0 fully saturated rings. The molecule has 0 saturated heterocycles. The minimum Gasteiger partial charge on any atom is -0.461 e. The summed E-state index contributed by atoms with van der Waals surface area (Å²) in [5.41, 5.74) is 1.24. The Labute approximate surface area is 78.3 Å². The number of allylic oxidation sites excluding steroid dienone is 2. The zero-order chi connectivity index (χ0) is 9.68. The van der Waals surface area contributed by atoms with Gasteiger partial charge in [0.15, 0.2) is 11.5 Å². The molecule has 0 aromatic carbocycles. The molecule has 2 heteroatoms. The van der Waals surface area contributed by atoms with E-state index in [2.05, 4.69) is 6.08 Å². The van der Waals surface area contributed by atoms with Crippen molar-refractivity contribution in [2.45, 2.75) is 26.7 Å². The zero-order valence-corrected chi connectivity index (χ0v) is 8.04. The third-order valence-electron chi connectivity index (χ3n) is 1.72. The van der Waals surface area contributed by atoms with Crippen LogP contribution in [0.1, 0.15) is 37.2 Å². The molecule has 13 heavy (non-hydrogen) atoms. The first kappa shape index (κ1) is 9.78. The second-order valence-corrected chi connectivity index (χ2v) is 3.22. The summed E-state index contributed by atoms with van der Waals surface area (Å²) >= 11 is 0. The van der Waals surface area contributed by atoms with Gasteiger partial charge in [0.25, 0.3) is 0 Å². The molecule has 0 radical (unpaired) electrons. The summed E-state index contributed by atoms with van der Waals surface area (Å²) in [6.07, 6.45) is 4.90. The Morgan fingerprint density at radius 2 is 2.31 bits per heavy atom. The van der Waals surface area contributed by atoms with Gasteiger partial charge in [-0.15, -0.1) is 0 Å². The number of carbonyl (C=O) groups is 1. The normalized spacial score (nSPS) is 9.69. The van der Waals surface area contributed by atoms with Crippen molar-refractivity contribution in [1.29, 1.82) is 0 Å². The molecule has 1 aromatic rings. The fourth-order valence-corrected chi connectivity index (χ4v) is 1.05. The SMILES string of the molecule is CC(C)=CCCC(=O)c1ccco1. The molecule has 0 atom stereocenters. The maximum Gasteiger partial charge on any atom is 0.198 e. The maximum atomic E-state index is 11.4. The van der Waals surface area contributed by atoms with Gasteiger partial charge < -0.3 is 4.42 Å². The van der Waals surface area contributed by atoms with Crippen LogP contribution in [0, 0.1) is 0 Å². The van der Waals surface area contributed by atoms with Crippen molar-refractivity contribution in [3.63, 3.8) is 0 Å². The average Bonchev–Trinajstić information content (AvgIpc) is 2.55. The van der Waals surface area contributed by atoms with Crippen LogP contribution >= 0.6 is 0 Å². The lowest BCUT2D eigenvalue weighted by atomic mass is 10.1. The van der Waals surface area contributed by atoms with Gasteiger partial charge in [0.05, 0.1) is 6.26 Å². The van der Waals surface area contributed by atoms with E-state index < -0.39 is 0 Å². The quantitative estimate of drug-likeness (QED) is 0.523. The van der Waals surface area contributed by atoms with Gasteiger partial charge in [0, 0.05) is 6.42 Å². The van der Waals surface area contributed by atoms with Crippen LogP contribution < -0.4 is 0 Å². The van der Waals surface area contributed by atoms with Crippen LogP contribution in [-0.4, -0.2) is 5.78 Å². The van der Waals surface area contributed by atoms with Crippen molar-refractivity contribution in [3.8, 4) is 0 Å². The highest BCUT2D eigenvalue weighted by Gasteiger charge is 2.06. The molecule has 1 rings (SSSR count). The van der Waals surface area contributed by atoms with Crippen molar-refractivity contribution >= 4 is 5.78 Å². The van der Waals surface area contributed by atoms with Crippen LogP contribution in [0.3, 0.4) is 0 Å². The molecule has 0 aliphatic carbocycles. The third kappa shape index (κ3) is 3.28. The lowest BCUT2D eigenvalue weighted by Crippen LogP contribution is -1.95. The minimum atomic E-state index is 0.0718. The smallest absolute Gasteiger partial charge is 0.198 e. The Bertz CT molecular complexity index is 290. The average molecular weight is 178 g/mol. The van der Waals surface area contributed by atoms with E-state index in [-0.39, 0.29) is 5.78 Å². The minimum absolute atomic E-state index is 0.0718. The van der Waals surface area contributed by atoms with Crippen molar-refractivity contribution in [2.75, 3.05) is 0 Å². The molecule has 0 spiro atoms. The number of ketones is 1. The number of Topliss-reactive ketones (excluding diaryl/α,β-unsaturated/α-hetero) is 1. The molecule has 0 aliphatic heterocycles. The van der Waals surface area contributed by atoms with Crippen LogP contribution in [0.15, 0.2) is 34.5 Å². The molecule has 1 aromatic heterocycles. The Balaban J connectivity index is 2.39.